The summed E-state index contributed by atoms with van der Waals surface area (Å²) in [6, 6.07) is 5.94. The maximum Gasteiger partial charge on any atom is 0.275 e. The highest BCUT2D eigenvalue weighted by Crippen LogP contribution is 2.22. The van der Waals surface area contributed by atoms with Gasteiger partial charge in [0.05, 0.1) is 6.20 Å². The zero-order chi connectivity index (χ0) is 15.5. The molecule has 0 aliphatic carbocycles. The Morgan fingerprint density at radius 1 is 1.23 bits per heavy atom. The van der Waals surface area contributed by atoms with Crippen LogP contribution < -0.4 is 5.32 Å². The Kier molecular flexibility index (Phi) is 3.93. The van der Waals surface area contributed by atoms with Crippen molar-refractivity contribution in [3.63, 3.8) is 0 Å². The minimum Gasteiger partial charge on any atom is -0.320 e. The van der Waals surface area contributed by atoms with Crippen LogP contribution in [0, 0.1) is 13.8 Å². The van der Waals surface area contributed by atoms with Crippen LogP contribution in [0.15, 0.2) is 42.2 Å². The van der Waals surface area contributed by atoms with E-state index in [-0.39, 0.29) is 5.91 Å². The first-order valence-corrected chi connectivity index (χ1v) is 7.62. The van der Waals surface area contributed by atoms with Crippen molar-refractivity contribution in [3.8, 4) is 10.7 Å². The van der Waals surface area contributed by atoms with Gasteiger partial charge in [-0.25, -0.2) is 4.98 Å². The minimum absolute atomic E-state index is 0.222. The second-order valence-corrected chi connectivity index (χ2v) is 5.76. The van der Waals surface area contributed by atoms with Crippen LogP contribution in [0.4, 0.5) is 5.69 Å². The third kappa shape index (κ3) is 3.01. The van der Waals surface area contributed by atoms with Gasteiger partial charge in [0.2, 0.25) is 0 Å². The standard InChI is InChI=1S/C16H14N4OS/c1-10-3-4-11(2)12(7-10)19-15(21)14-9-22-16(20-14)13-8-17-5-6-18-13/h3-9H,1-2H3,(H,19,21). The molecule has 1 amide bonds. The highest BCUT2D eigenvalue weighted by molar-refractivity contribution is 7.13. The first-order chi connectivity index (χ1) is 10.6. The Hall–Kier alpha value is -2.60. The zero-order valence-corrected chi connectivity index (χ0v) is 13.0. The molecule has 1 N–H and O–H groups in total. The van der Waals surface area contributed by atoms with Gasteiger partial charge in [-0.05, 0) is 31.0 Å². The van der Waals surface area contributed by atoms with E-state index in [0.717, 1.165) is 16.8 Å². The van der Waals surface area contributed by atoms with Crippen molar-refractivity contribution in [2.75, 3.05) is 5.32 Å². The number of hydrogen-bond acceptors (Lipinski definition) is 5. The summed E-state index contributed by atoms with van der Waals surface area (Å²) in [6.07, 6.45) is 4.84. The molecule has 3 aromatic rings. The number of amides is 1. The molecule has 0 aliphatic rings. The van der Waals surface area contributed by atoms with Crippen LogP contribution >= 0.6 is 11.3 Å². The fraction of sp³-hybridized carbons (Fsp3) is 0.125. The summed E-state index contributed by atoms with van der Waals surface area (Å²) in [5, 5.41) is 5.31. The monoisotopic (exact) mass is 310 g/mol. The second-order valence-electron chi connectivity index (χ2n) is 4.90. The molecular formula is C16H14N4OS. The molecule has 3 rings (SSSR count). The van der Waals surface area contributed by atoms with Crippen LogP contribution in [0.2, 0.25) is 0 Å². The van der Waals surface area contributed by atoms with Crippen molar-refractivity contribution in [1.29, 1.82) is 0 Å². The highest BCUT2D eigenvalue weighted by Gasteiger charge is 2.13. The number of rotatable bonds is 3. The van der Waals surface area contributed by atoms with Crippen molar-refractivity contribution < 1.29 is 4.79 Å². The van der Waals surface area contributed by atoms with Gasteiger partial charge in [0.15, 0.2) is 0 Å². The lowest BCUT2D eigenvalue weighted by Gasteiger charge is -2.07. The molecule has 0 bridgehead atoms. The van der Waals surface area contributed by atoms with Crippen molar-refractivity contribution in [2.24, 2.45) is 0 Å². The summed E-state index contributed by atoms with van der Waals surface area (Å²) in [6.45, 7) is 3.95. The first kappa shape index (κ1) is 14.3. The van der Waals surface area contributed by atoms with Crippen LogP contribution in [0.25, 0.3) is 10.7 Å². The van der Waals surface area contributed by atoms with Crippen LogP contribution in [-0.2, 0) is 0 Å². The third-order valence-corrected chi connectivity index (χ3v) is 4.03. The molecular weight excluding hydrogens is 296 g/mol. The van der Waals surface area contributed by atoms with Crippen LogP contribution in [-0.4, -0.2) is 20.9 Å². The van der Waals surface area contributed by atoms with E-state index in [2.05, 4.69) is 20.3 Å². The normalized spacial score (nSPS) is 10.5. The molecule has 1 aromatic carbocycles. The number of anilines is 1. The van der Waals surface area contributed by atoms with Crippen LogP contribution in [0.1, 0.15) is 21.6 Å². The van der Waals surface area contributed by atoms with Gasteiger partial charge in [0.25, 0.3) is 5.91 Å². The van der Waals surface area contributed by atoms with E-state index in [1.807, 2.05) is 32.0 Å². The number of carbonyl (C=O) groups excluding carboxylic acids is 1. The van der Waals surface area contributed by atoms with Gasteiger partial charge >= 0.3 is 0 Å². The fourth-order valence-electron chi connectivity index (χ4n) is 1.96. The van der Waals surface area contributed by atoms with Crippen molar-refractivity contribution in [3.05, 3.63) is 59.0 Å². The third-order valence-electron chi connectivity index (χ3n) is 3.16. The molecule has 0 saturated heterocycles. The van der Waals surface area contributed by atoms with Gasteiger partial charge in [-0.3, -0.25) is 14.8 Å². The van der Waals surface area contributed by atoms with Gasteiger partial charge in [0, 0.05) is 23.5 Å². The molecule has 0 saturated carbocycles. The summed E-state index contributed by atoms with van der Waals surface area (Å²) in [5.74, 6) is -0.222. The maximum absolute atomic E-state index is 12.3. The van der Waals surface area contributed by atoms with Crippen molar-refractivity contribution in [1.82, 2.24) is 15.0 Å². The average Bonchev–Trinajstić information content (AvgIpc) is 3.02. The molecule has 0 atom stereocenters. The largest absolute Gasteiger partial charge is 0.320 e. The molecule has 0 radical (unpaired) electrons. The summed E-state index contributed by atoms with van der Waals surface area (Å²) in [5.41, 5.74) is 3.96. The number of nitrogens with zero attached hydrogens (tertiary/aromatic N) is 3. The Labute approximate surface area is 132 Å². The number of thiazole rings is 1. The number of hydrogen-bond donors (Lipinski definition) is 1. The molecule has 2 aromatic heterocycles. The topological polar surface area (TPSA) is 67.8 Å². The number of benzene rings is 1. The van der Waals surface area contributed by atoms with Gasteiger partial charge in [-0.15, -0.1) is 11.3 Å². The van der Waals surface area contributed by atoms with E-state index >= 15 is 0 Å². The lowest BCUT2D eigenvalue weighted by molar-refractivity contribution is 0.102. The Balaban J connectivity index is 1.81. The molecule has 0 aliphatic heterocycles. The van der Waals surface area contributed by atoms with E-state index in [4.69, 9.17) is 0 Å². The number of aryl methyl sites for hydroxylation is 2. The summed E-state index contributed by atoms with van der Waals surface area (Å²) >= 11 is 1.37. The second kappa shape index (κ2) is 6.03. The van der Waals surface area contributed by atoms with Gasteiger partial charge in [-0.1, -0.05) is 12.1 Å². The Bertz CT molecular complexity index is 814. The van der Waals surface area contributed by atoms with E-state index < -0.39 is 0 Å². The Morgan fingerprint density at radius 2 is 2.09 bits per heavy atom. The fourth-order valence-corrected chi connectivity index (χ4v) is 2.72. The average molecular weight is 310 g/mol. The molecule has 110 valence electrons. The summed E-state index contributed by atoms with van der Waals surface area (Å²) < 4.78 is 0. The predicted molar refractivity (Wildman–Crippen MR) is 87.0 cm³/mol. The Morgan fingerprint density at radius 3 is 2.86 bits per heavy atom. The minimum atomic E-state index is -0.222. The van der Waals surface area contributed by atoms with Gasteiger partial charge < -0.3 is 5.32 Å². The molecule has 5 nitrogen and oxygen atoms in total. The molecule has 6 heteroatoms. The van der Waals surface area contributed by atoms with E-state index in [1.54, 1.807) is 24.0 Å². The van der Waals surface area contributed by atoms with E-state index in [9.17, 15) is 4.79 Å². The number of nitrogens with one attached hydrogen (secondary N) is 1. The number of carbonyl (C=O) groups is 1. The molecule has 2 heterocycles. The molecule has 0 unspecified atom stereocenters. The summed E-state index contributed by atoms with van der Waals surface area (Å²) in [7, 11) is 0. The van der Waals surface area contributed by atoms with Gasteiger partial charge in [0.1, 0.15) is 16.4 Å². The van der Waals surface area contributed by atoms with E-state index in [0.29, 0.717) is 16.4 Å². The number of aromatic nitrogens is 3. The first-order valence-electron chi connectivity index (χ1n) is 6.74. The SMILES string of the molecule is Cc1ccc(C)c(NC(=O)c2csc(-c3cnccn3)n2)c1. The summed E-state index contributed by atoms with van der Waals surface area (Å²) in [4.78, 5) is 24.8. The van der Waals surface area contributed by atoms with Crippen LogP contribution in [0.3, 0.4) is 0 Å². The quantitative estimate of drug-likeness (QED) is 0.804. The zero-order valence-electron chi connectivity index (χ0n) is 12.2. The maximum atomic E-state index is 12.3. The molecule has 0 spiro atoms. The lowest BCUT2D eigenvalue weighted by atomic mass is 10.1. The smallest absolute Gasteiger partial charge is 0.275 e. The highest BCUT2D eigenvalue weighted by atomic mass is 32.1. The van der Waals surface area contributed by atoms with Crippen molar-refractivity contribution >= 4 is 22.9 Å². The van der Waals surface area contributed by atoms with E-state index in [1.165, 1.54) is 11.3 Å². The van der Waals surface area contributed by atoms with Crippen LogP contribution in [0.5, 0.6) is 0 Å². The molecule has 0 fully saturated rings. The van der Waals surface area contributed by atoms with Crippen molar-refractivity contribution in [2.45, 2.75) is 13.8 Å². The lowest BCUT2D eigenvalue weighted by Crippen LogP contribution is -2.13. The predicted octanol–water partition coefficient (Wildman–Crippen LogP) is 3.47. The van der Waals surface area contributed by atoms with Gasteiger partial charge in [-0.2, -0.15) is 0 Å². The molecule has 22 heavy (non-hydrogen) atoms.